The zero-order valence-electron chi connectivity index (χ0n) is 12.9. The minimum Gasteiger partial charge on any atom is -0.313 e. The Kier molecular flexibility index (Phi) is 4.77. The Labute approximate surface area is 124 Å². The van der Waals surface area contributed by atoms with E-state index in [9.17, 15) is 0 Å². The molecule has 1 aromatic carbocycles. The van der Waals surface area contributed by atoms with Gasteiger partial charge >= 0.3 is 0 Å². The molecule has 2 aliphatic carbocycles. The fourth-order valence-electron chi connectivity index (χ4n) is 3.53. The van der Waals surface area contributed by atoms with Gasteiger partial charge in [-0.15, -0.1) is 0 Å². The predicted molar refractivity (Wildman–Crippen MR) is 85.9 cm³/mol. The molecule has 2 fully saturated rings. The van der Waals surface area contributed by atoms with Crippen molar-refractivity contribution in [1.82, 2.24) is 5.32 Å². The van der Waals surface area contributed by atoms with Gasteiger partial charge in [-0.05, 0) is 54.7 Å². The van der Waals surface area contributed by atoms with Gasteiger partial charge in [0, 0.05) is 6.54 Å². The van der Waals surface area contributed by atoms with E-state index in [1.807, 2.05) is 0 Å². The first-order valence-corrected chi connectivity index (χ1v) is 8.61. The molecule has 0 radical (unpaired) electrons. The van der Waals surface area contributed by atoms with Crippen LogP contribution in [0.3, 0.4) is 0 Å². The SMILES string of the molecule is CC1CCC(CCNCc2cccc(C3CC3)c2)CC1. The maximum atomic E-state index is 3.65. The van der Waals surface area contributed by atoms with E-state index in [0.717, 1.165) is 24.3 Å². The Bertz CT molecular complexity index is 414. The number of rotatable bonds is 6. The molecular weight excluding hydrogens is 242 g/mol. The predicted octanol–water partition coefficient (Wildman–Crippen LogP) is 4.87. The Morgan fingerprint density at radius 2 is 1.85 bits per heavy atom. The van der Waals surface area contributed by atoms with E-state index < -0.39 is 0 Å². The van der Waals surface area contributed by atoms with Crippen molar-refractivity contribution in [1.29, 1.82) is 0 Å². The summed E-state index contributed by atoms with van der Waals surface area (Å²) < 4.78 is 0. The maximum absolute atomic E-state index is 3.65. The molecule has 0 atom stereocenters. The summed E-state index contributed by atoms with van der Waals surface area (Å²) in [4.78, 5) is 0. The molecule has 0 saturated heterocycles. The Balaban J connectivity index is 1.36. The maximum Gasteiger partial charge on any atom is 0.0205 e. The zero-order chi connectivity index (χ0) is 13.8. The molecule has 0 aromatic heterocycles. The van der Waals surface area contributed by atoms with Crippen LogP contribution in [-0.4, -0.2) is 6.54 Å². The quantitative estimate of drug-likeness (QED) is 0.728. The van der Waals surface area contributed by atoms with E-state index in [1.54, 1.807) is 5.56 Å². The Morgan fingerprint density at radius 1 is 1.05 bits per heavy atom. The van der Waals surface area contributed by atoms with Crippen LogP contribution in [0.2, 0.25) is 0 Å². The lowest BCUT2D eigenvalue weighted by atomic mass is 9.81. The summed E-state index contributed by atoms with van der Waals surface area (Å²) in [7, 11) is 0. The van der Waals surface area contributed by atoms with Crippen molar-refractivity contribution in [3.05, 3.63) is 35.4 Å². The Morgan fingerprint density at radius 3 is 2.60 bits per heavy atom. The van der Waals surface area contributed by atoms with Crippen molar-refractivity contribution in [2.24, 2.45) is 11.8 Å². The molecule has 0 spiro atoms. The van der Waals surface area contributed by atoms with E-state index >= 15 is 0 Å². The third kappa shape index (κ3) is 4.09. The smallest absolute Gasteiger partial charge is 0.0205 e. The average molecular weight is 271 g/mol. The monoisotopic (exact) mass is 271 g/mol. The molecule has 2 aliphatic rings. The van der Waals surface area contributed by atoms with E-state index in [1.165, 1.54) is 57.1 Å². The van der Waals surface area contributed by atoms with Gasteiger partial charge in [0.2, 0.25) is 0 Å². The van der Waals surface area contributed by atoms with E-state index in [-0.39, 0.29) is 0 Å². The summed E-state index contributed by atoms with van der Waals surface area (Å²) >= 11 is 0. The summed E-state index contributed by atoms with van der Waals surface area (Å²) in [6, 6.07) is 9.20. The molecule has 110 valence electrons. The lowest BCUT2D eigenvalue weighted by molar-refractivity contribution is 0.275. The molecular formula is C19H29N. The third-order valence-electron chi connectivity index (χ3n) is 5.19. The highest BCUT2D eigenvalue weighted by atomic mass is 14.8. The zero-order valence-corrected chi connectivity index (χ0v) is 12.9. The highest BCUT2D eigenvalue weighted by Crippen LogP contribution is 2.40. The number of hydrogen-bond acceptors (Lipinski definition) is 1. The summed E-state index contributed by atoms with van der Waals surface area (Å²) in [6.07, 6.45) is 9.99. The van der Waals surface area contributed by atoms with Crippen LogP contribution >= 0.6 is 0 Å². The lowest BCUT2D eigenvalue weighted by Gasteiger charge is -2.26. The second kappa shape index (κ2) is 6.76. The van der Waals surface area contributed by atoms with Crippen LogP contribution in [0.1, 0.15) is 68.9 Å². The highest BCUT2D eigenvalue weighted by Gasteiger charge is 2.23. The topological polar surface area (TPSA) is 12.0 Å². The normalized spacial score (nSPS) is 26.6. The number of nitrogens with one attached hydrogen (secondary N) is 1. The molecule has 0 heterocycles. The first kappa shape index (κ1) is 14.1. The van der Waals surface area contributed by atoms with Crippen molar-refractivity contribution in [2.45, 2.75) is 64.3 Å². The molecule has 0 aliphatic heterocycles. The van der Waals surface area contributed by atoms with Crippen molar-refractivity contribution in [2.75, 3.05) is 6.54 Å². The molecule has 2 saturated carbocycles. The number of hydrogen-bond donors (Lipinski definition) is 1. The van der Waals surface area contributed by atoms with Gasteiger partial charge in [-0.25, -0.2) is 0 Å². The van der Waals surface area contributed by atoms with E-state index in [2.05, 4.69) is 36.5 Å². The highest BCUT2D eigenvalue weighted by molar-refractivity contribution is 5.29. The van der Waals surface area contributed by atoms with Crippen LogP contribution in [0.5, 0.6) is 0 Å². The standard InChI is InChI=1S/C19H29N/c1-15-5-7-16(8-6-15)11-12-20-14-17-3-2-4-19(13-17)18-9-10-18/h2-4,13,15-16,18,20H,5-12,14H2,1H3. The Hall–Kier alpha value is -0.820. The fraction of sp³-hybridized carbons (Fsp3) is 0.684. The van der Waals surface area contributed by atoms with Gasteiger partial charge in [0.15, 0.2) is 0 Å². The molecule has 3 rings (SSSR count). The van der Waals surface area contributed by atoms with Gasteiger partial charge in [-0.3, -0.25) is 0 Å². The molecule has 0 unspecified atom stereocenters. The average Bonchev–Trinajstić information content (AvgIpc) is 3.30. The van der Waals surface area contributed by atoms with Crippen molar-refractivity contribution in [3.8, 4) is 0 Å². The van der Waals surface area contributed by atoms with Crippen LogP contribution in [0.25, 0.3) is 0 Å². The largest absolute Gasteiger partial charge is 0.313 e. The van der Waals surface area contributed by atoms with Crippen molar-refractivity contribution >= 4 is 0 Å². The fourth-order valence-corrected chi connectivity index (χ4v) is 3.53. The van der Waals surface area contributed by atoms with Gasteiger partial charge in [0.05, 0.1) is 0 Å². The second-order valence-corrected chi connectivity index (χ2v) is 7.11. The first-order chi connectivity index (χ1) is 9.81. The number of benzene rings is 1. The van der Waals surface area contributed by atoms with Crippen LogP contribution < -0.4 is 5.32 Å². The summed E-state index contributed by atoms with van der Waals surface area (Å²) in [5, 5.41) is 3.65. The van der Waals surface area contributed by atoms with Gasteiger partial charge in [-0.1, -0.05) is 56.9 Å². The van der Waals surface area contributed by atoms with Gasteiger partial charge in [-0.2, -0.15) is 0 Å². The first-order valence-electron chi connectivity index (χ1n) is 8.61. The molecule has 1 heteroatoms. The summed E-state index contributed by atoms with van der Waals surface area (Å²) in [5.74, 6) is 2.83. The van der Waals surface area contributed by atoms with Crippen molar-refractivity contribution < 1.29 is 0 Å². The molecule has 0 bridgehead atoms. The molecule has 1 aromatic rings. The summed E-state index contributed by atoms with van der Waals surface area (Å²) in [6.45, 7) is 4.64. The van der Waals surface area contributed by atoms with Gasteiger partial charge < -0.3 is 5.32 Å². The molecule has 20 heavy (non-hydrogen) atoms. The van der Waals surface area contributed by atoms with Crippen molar-refractivity contribution in [3.63, 3.8) is 0 Å². The second-order valence-electron chi connectivity index (χ2n) is 7.11. The van der Waals surface area contributed by atoms with Crippen LogP contribution in [0, 0.1) is 11.8 Å². The molecule has 0 amide bonds. The third-order valence-corrected chi connectivity index (χ3v) is 5.19. The van der Waals surface area contributed by atoms with Gasteiger partial charge in [0.25, 0.3) is 0 Å². The van der Waals surface area contributed by atoms with E-state index in [4.69, 9.17) is 0 Å². The minimum atomic E-state index is 0.874. The van der Waals surface area contributed by atoms with Gasteiger partial charge in [0.1, 0.15) is 0 Å². The lowest BCUT2D eigenvalue weighted by Crippen LogP contribution is -2.20. The van der Waals surface area contributed by atoms with E-state index in [0.29, 0.717) is 0 Å². The summed E-state index contributed by atoms with van der Waals surface area (Å²) in [5.41, 5.74) is 3.03. The molecule has 1 N–H and O–H groups in total. The van der Waals surface area contributed by atoms with Crippen LogP contribution in [-0.2, 0) is 6.54 Å². The minimum absolute atomic E-state index is 0.874. The molecule has 1 nitrogen and oxygen atoms in total. The van der Waals surface area contributed by atoms with Crippen LogP contribution in [0.4, 0.5) is 0 Å². The van der Waals surface area contributed by atoms with Crippen LogP contribution in [0.15, 0.2) is 24.3 Å².